The smallest absolute Gasteiger partial charge is 0.213 e. The van der Waals surface area contributed by atoms with Crippen LogP contribution >= 0.6 is 0 Å². The van der Waals surface area contributed by atoms with Crippen molar-refractivity contribution in [1.29, 1.82) is 5.41 Å². The Balaban J connectivity index is 0.000000144. The summed E-state index contributed by atoms with van der Waals surface area (Å²) >= 11 is 0. The summed E-state index contributed by atoms with van der Waals surface area (Å²) in [6, 6.07) is 7.77. The maximum atomic E-state index is 7.31. The summed E-state index contributed by atoms with van der Waals surface area (Å²) in [4.78, 5) is 0. The molecule has 3 rings (SSSR count). The molecule has 2 heteroatoms. The molecule has 0 aromatic heterocycles. The van der Waals surface area contributed by atoms with E-state index in [1.807, 2.05) is 24.3 Å². The normalized spacial score (nSPS) is 17.7. The Labute approximate surface area is 90.8 Å². The lowest BCUT2D eigenvalue weighted by Gasteiger charge is -1.90. The maximum Gasteiger partial charge on any atom is 0.213 e. The van der Waals surface area contributed by atoms with Gasteiger partial charge in [0.2, 0.25) is 5.90 Å². The van der Waals surface area contributed by atoms with Crippen LogP contribution in [0.1, 0.15) is 43.2 Å². The number of hydrogen-bond acceptors (Lipinski definition) is 2. The quantitative estimate of drug-likeness (QED) is 0.687. The molecule has 0 radical (unpaired) electrons. The molecule has 1 saturated carbocycles. The lowest BCUT2D eigenvalue weighted by molar-refractivity contribution is 0.310. The second kappa shape index (κ2) is 4.96. The average Bonchev–Trinajstić information content (AvgIpc) is 2.92. The fourth-order valence-corrected chi connectivity index (χ4v) is 1.98. The first-order valence-electron chi connectivity index (χ1n) is 5.67. The minimum Gasteiger partial charge on any atom is -0.473 e. The van der Waals surface area contributed by atoms with Crippen LogP contribution in [0, 0.1) is 5.41 Å². The van der Waals surface area contributed by atoms with Crippen molar-refractivity contribution in [1.82, 2.24) is 0 Å². The lowest BCUT2D eigenvalue weighted by atomic mass is 10.1. The van der Waals surface area contributed by atoms with Crippen molar-refractivity contribution in [3.05, 3.63) is 35.4 Å². The van der Waals surface area contributed by atoms with Gasteiger partial charge in [0.25, 0.3) is 0 Å². The molecule has 15 heavy (non-hydrogen) atoms. The topological polar surface area (TPSA) is 33.1 Å². The number of hydrogen-bond donors (Lipinski definition) is 1. The molecule has 2 aliphatic rings. The summed E-state index contributed by atoms with van der Waals surface area (Å²) in [5.41, 5.74) is 2.05. The van der Waals surface area contributed by atoms with Crippen LogP contribution in [0.3, 0.4) is 0 Å². The van der Waals surface area contributed by atoms with Gasteiger partial charge in [0.05, 0.1) is 0 Å². The van der Waals surface area contributed by atoms with Crippen molar-refractivity contribution in [2.24, 2.45) is 0 Å². The minimum absolute atomic E-state index is 0.301. The number of ether oxygens (including phenoxy) is 1. The molecule has 0 spiro atoms. The van der Waals surface area contributed by atoms with Crippen molar-refractivity contribution in [2.45, 2.75) is 38.7 Å². The fraction of sp³-hybridized carbons (Fsp3) is 0.462. The molecule has 1 aliphatic heterocycles. The first kappa shape index (κ1) is 10.2. The van der Waals surface area contributed by atoms with Crippen LogP contribution in [0.4, 0.5) is 0 Å². The maximum absolute atomic E-state index is 7.31. The Bertz CT molecular complexity index is 335. The molecule has 0 amide bonds. The number of nitrogens with one attached hydrogen (secondary N) is 1. The highest BCUT2D eigenvalue weighted by Gasteiger charge is 2.15. The SMILES string of the molecule is C1CCCC1.N=C1OCc2ccccc21. The molecular formula is C13H17NO. The molecule has 2 nitrogen and oxygen atoms in total. The molecule has 80 valence electrons. The van der Waals surface area contributed by atoms with Crippen molar-refractivity contribution in [2.75, 3.05) is 0 Å². The van der Waals surface area contributed by atoms with E-state index < -0.39 is 0 Å². The third-order valence-electron chi connectivity index (χ3n) is 2.88. The zero-order chi connectivity index (χ0) is 10.5. The van der Waals surface area contributed by atoms with Crippen LogP contribution in [0.15, 0.2) is 24.3 Å². The second-order valence-corrected chi connectivity index (χ2v) is 4.04. The van der Waals surface area contributed by atoms with Crippen molar-refractivity contribution >= 4 is 5.90 Å². The molecule has 0 unspecified atom stereocenters. The van der Waals surface area contributed by atoms with Crippen LogP contribution in [0.2, 0.25) is 0 Å². The van der Waals surface area contributed by atoms with E-state index in [1.54, 1.807) is 0 Å². The van der Waals surface area contributed by atoms with Gasteiger partial charge >= 0.3 is 0 Å². The zero-order valence-corrected chi connectivity index (χ0v) is 8.96. The largest absolute Gasteiger partial charge is 0.473 e. The van der Waals surface area contributed by atoms with E-state index in [0.29, 0.717) is 12.5 Å². The van der Waals surface area contributed by atoms with Crippen molar-refractivity contribution in [3.8, 4) is 0 Å². The van der Waals surface area contributed by atoms with Crippen LogP contribution in [-0.2, 0) is 11.3 Å². The highest BCUT2D eigenvalue weighted by Crippen LogP contribution is 2.18. The molecular weight excluding hydrogens is 186 g/mol. The average molecular weight is 203 g/mol. The highest BCUT2D eigenvalue weighted by molar-refractivity contribution is 5.95. The standard InChI is InChI=1S/C8H7NO.C5H10/c9-8-7-4-2-1-3-6(7)5-10-8;1-2-4-5-3-1/h1-4,9H,5H2;1-5H2. The summed E-state index contributed by atoms with van der Waals surface area (Å²) in [7, 11) is 0. The Morgan fingerprint density at radius 3 is 2.13 bits per heavy atom. The van der Waals surface area contributed by atoms with Crippen LogP contribution in [-0.4, -0.2) is 5.90 Å². The van der Waals surface area contributed by atoms with Gasteiger partial charge in [-0.25, -0.2) is 0 Å². The predicted molar refractivity (Wildman–Crippen MR) is 61.1 cm³/mol. The van der Waals surface area contributed by atoms with E-state index in [-0.39, 0.29) is 0 Å². The van der Waals surface area contributed by atoms with Gasteiger partial charge < -0.3 is 4.74 Å². The predicted octanol–water partition coefficient (Wildman–Crippen LogP) is 3.49. The molecule has 1 aromatic carbocycles. The molecule has 0 atom stereocenters. The lowest BCUT2D eigenvalue weighted by Crippen LogP contribution is -1.92. The Morgan fingerprint density at radius 1 is 0.933 bits per heavy atom. The van der Waals surface area contributed by atoms with E-state index in [0.717, 1.165) is 11.1 Å². The number of benzene rings is 1. The zero-order valence-electron chi connectivity index (χ0n) is 8.96. The molecule has 1 fully saturated rings. The summed E-state index contributed by atoms with van der Waals surface area (Å²) in [5.74, 6) is 0.301. The Morgan fingerprint density at radius 2 is 1.53 bits per heavy atom. The summed E-state index contributed by atoms with van der Waals surface area (Å²) in [5, 5.41) is 7.31. The molecule has 0 bridgehead atoms. The third kappa shape index (κ3) is 2.58. The fourth-order valence-electron chi connectivity index (χ4n) is 1.98. The van der Waals surface area contributed by atoms with Gasteiger partial charge in [-0.15, -0.1) is 0 Å². The van der Waals surface area contributed by atoms with E-state index in [9.17, 15) is 0 Å². The van der Waals surface area contributed by atoms with Gasteiger partial charge in [0, 0.05) is 11.1 Å². The Kier molecular flexibility index (Phi) is 3.38. The van der Waals surface area contributed by atoms with E-state index in [1.165, 1.54) is 32.1 Å². The van der Waals surface area contributed by atoms with Gasteiger partial charge in [0.15, 0.2) is 0 Å². The van der Waals surface area contributed by atoms with Gasteiger partial charge in [-0.05, 0) is 6.07 Å². The minimum atomic E-state index is 0.301. The molecule has 1 heterocycles. The second-order valence-electron chi connectivity index (χ2n) is 4.04. The van der Waals surface area contributed by atoms with Crippen LogP contribution < -0.4 is 0 Å². The van der Waals surface area contributed by atoms with Crippen molar-refractivity contribution in [3.63, 3.8) is 0 Å². The summed E-state index contributed by atoms with van der Waals surface area (Å²) in [6.45, 7) is 0.564. The van der Waals surface area contributed by atoms with E-state index >= 15 is 0 Å². The van der Waals surface area contributed by atoms with Crippen LogP contribution in [0.5, 0.6) is 0 Å². The van der Waals surface area contributed by atoms with E-state index in [2.05, 4.69) is 0 Å². The third-order valence-corrected chi connectivity index (χ3v) is 2.88. The van der Waals surface area contributed by atoms with Crippen LogP contribution in [0.25, 0.3) is 0 Å². The molecule has 0 saturated heterocycles. The van der Waals surface area contributed by atoms with E-state index in [4.69, 9.17) is 10.1 Å². The first-order valence-corrected chi connectivity index (χ1v) is 5.67. The van der Waals surface area contributed by atoms with Gasteiger partial charge in [-0.1, -0.05) is 50.3 Å². The molecule has 1 N–H and O–H groups in total. The molecule has 1 aromatic rings. The summed E-state index contributed by atoms with van der Waals surface area (Å²) < 4.78 is 5.01. The van der Waals surface area contributed by atoms with Gasteiger partial charge in [-0.2, -0.15) is 0 Å². The Hall–Kier alpha value is -1.31. The monoisotopic (exact) mass is 203 g/mol. The summed E-state index contributed by atoms with van der Waals surface area (Å²) in [6.07, 6.45) is 7.50. The first-order chi connectivity index (χ1) is 7.38. The molecule has 1 aliphatic carbocycles. The van der Waals surface area contributed by atoms with Gasteiger partial charge in [0.1, 0.15) is 6.61 Å². The number of fused-ring (bicyclic) bond motifs is 1. The number of rotatable bonds is 0. The van der Waals surface area contributed by atoms with Crippen molar-refractivity contribution < 1.29 is 4.74 Å². The van der Waals surface area contributed by atoms with Gasteiger partial charge in [-0.3, -0.25) is 5.41 Å². The highest BCUT2D eigenvalue weighted by atomic mass is 16.5.